The van der Waals surface area contributed by atoms with Crippen molar-refractivity contribution in [1.29, 1.82) is 0 Å². The van der Waals surface area contributed by atoms with E-state index in [-0.39, 0.29) is 23.7 Å². The standard InChI is InChI=1S/C18H13FN4O3S/c19-13-2-1-3-15(9-13)21-10-20-18-22(11-21)17(24)16(27-18)8-12-4-6-14(7-5-12)23(25)26/h1-9H,10-11H2/b16-8-. The molecule has 0 atom stereocenters. The first-order valence-corrected chi connectivity index (χ1v) is 8.84. The Morgan fingerprint density at radius 2 is 2.00 bits per heavy atom. The fourth-order valence-corrected chi connectivity index (χ4v) is 3.75. The predicted octanol–water partition coefficient (Wildman–Crippen LogP) is 1.84. The van der Waals surface area contributed by atoms with Crippen molar-refractivity contribution in [2.75, 3.05) is 11.6 Å². The van der Waals surface area contributed by atoms with Crippen LogP contribution in [0.3, 0.4) is 0 Å². The molecule has 3 aromatic rings. The molecule has 4 rings (SSSR count). The second-order valence-corrected chi connectivity index (χ2v) is 6.94. The van der Waals surface area contributed by atoms with Crippen LogP contribution in [0, 0.1) is 15.9 Å². The second kappa shape index (κ2) is 6.76. The smallest absolute Gasteiger partial charge is 0.271 e. The van der Waals surface area contributed by atoms with Gasteiger partial charge in [-0.1, -0.05) is 17.4 Å². The molecular formula is C18H13FN4O3S. The molecular weight excluding hydrogens is 371 g/mol. The topological polar surface area (TPSA) is 80.7 Å². The van der Waals surface area contributed by atoms with Gasteiger partial charge in [-0.05, 0) is 42.0 Å². The molecule has 7 nitrogen and oxygen atoms in total. The minimum atomic E-state index is -0.470. The summed E-state index contributed by atoms with van der Waals surface area (Å²) in [6.45, 7) is 0.617. The lowest BCUT2D eigenvalue weighted by molar-refractivity contribution is -0.384. The molecule has 1 aliphatic heterocycles. The van der Waals surface area contributed by atoms with E-state index in [4.69, 9.17) is 0 Å². The van der Waals surface area contributed by atoms with Crippen LogP contribution in [-0.2, 0) is 6.67 Å². The molecule has 1 aromatic heterocycles. The number of thiazole rings is 1. The first-order chi connectivity index (χ1) is 13.0. The minimum Gasteiger partial charge on any atom is -0.333 e. The zero-order chi connectivity index (χ0) is 19.0. The highest BCUT2D eigenvalue weighted by atomic mass is 32.1. The highest BCUT2D eigenvalue weighted by Crippen LogP contribution is 2.17. The third-order valence-electron chi connectivity index (χ3n) is 4.15. The Balaban J connectivity index is 1.68. The van der Waals surface area contributed by atoms with Gasteiger partial charge in [0.2, 0.25) is 0 Å². The van der Waals surface area contributed by atoms with Crippen LogP contribution in [0.2, 0.25) is 0 Å². The van der Waals surface area contributed by atoms with Gasteiger partial charge < -0.3 is 4.90 Å². The van der Waals surface area contributed by atoms with E-state index < -0.39 is 4.92 Å². The largest absolute Gasteiger partial charge is 0.333 e. The first-order valence-electron chi connectivity index (χ1n) is 8.02. The van der Waals surface area contributed by atoms with Gasteiger partial charge in [-0.15, -0.1) is 0 Å². The van der Waals surface area contributed by atoms with Crippen LogP contribution in [0.1, 0.15) is 5.56 Å². The molecule has 2 heterocycles. The third-order valence-corrected chi connectivity index (χ3v) is 5.20. The van der Waals surface area contributed by atoms with Gasteiger partial charge in [0.25, 0.3) is 11.2 Å². The van der Waals surface area contributed by atoms with E-state index in [1.54, 1.807) is 35.2 Å². The quantitative estimate of drug-likeness (QED) is 0.510. The third kappa shape index (κ3) is 3.36. The number of rotatable bonds is 3. The van der Waals surface area contributed by atoms with E-state index in [2.05, 4.69) is 4.99 Å². The zero-order valence-corrected chi connectivity index (χ0v) is 14.7. The normalized spacial score (nSPS) is 14.0. The maximum absolute atomic E-state index is 13.5. The number of aromatic nitrogens is 1. The summed E-state index contributed by atoms with van der Waals surface area (Å²) in [5.41, 5.74) is 1.15. The van der Waals surface area contributed by atoms with Gasteiger partial charge >= 0.3 is 0 Å². The van der Waals surface area contributed by atoms with Crippen molar-refractivity contribution in [3.63, 3.8) is 0 Å². The number of nitro benzene ring substituents is 1. The lowest BCUT2D eigenvalue weighted by Gasteiger charge is -2.25. The summed E-state index contributed by atoms with van der Waals surface area (Å²) < 4.78 is 15.5. The second-order valence-electron chi connectivity index (χ2n) is 5.94. The molecule has 0 fully saturated rings. The van der Waals surface area contributed by atoms with E-state index in [9.17, 15) is 19.3 Å². The van der Waals surface area contributed by atoms with E-state index in [0.717, 1.165) is 0 Å². The maximum atomic E-state index is 13.5. The predicted molar refractivity (Wildman–Crippen MR) is 99.8 cm³/mol. The number of nitrogens with zero attached hydrogens (tertiary/aromatic N) is 4. The fraction of sp³-hybridized carbons (Fsp3) is 0.111. The fourth-order valence-electron chi connectivity index (χ4n) is 2.79. The lowest BCUT2D eigenvalue weighted by atomic mass is 10.2. The van der Waals surface area contributed by atoms with Gasteiger partial charge in [0, 0.05) is 17.8 Å². The molecule has 0 spiro atoms. The van der Waals surface area contributed by atoms with Crippen molar-refractivity contribution in [1.82, 2.24) is 4.57 Å². The summed E-state index contributed by atoms with van der Waals surface area (Å²) in [5, 5.41) is 10.7. The summed E-state index contributed by atoms with van der Waals surface area (Å²) in [6.07, 6.45) is 1.68. The van der Waals surface area contributed by atoms with Gasteiger partial charge in [-0.25, -0.2) is 9.38 Å². The number of benzene rings is 2. The number of fused-ring (bicyclic) bond motifs is 1. The number of hydrogen-bond donors (Lipinski definition) is 0. The summed E-state index contributed by atoms with van der Waals surface area (Å²) >= 11 is 1.26. The van der Waals surface area contributed by atoms with Crippen molar-refractivity contribution in [3.8, 4) is 0 Å². The average Bonchev–Trinajstić information content (AvgIpc) is 2.97. The molecule has 0 saturated heterocycles. The Morgan fingerprint density at radius 1 is 1.22 bits per heavy atom. The molecule has 1 aliphatic rings. The summed E-state index contributed by atoms with van der Waals surface area (Å²) in [5.74, 6) is -0.344. The van der Waals surface area contributed by atoms with Crippen LogP contribution in [-0.4, -0.2) is 16.2 Å². The highest BCUT2D eigenvalue weighted by molar-refractivity contribution is 7.07. The first kappa shape index (κ1) is 17.1. The van der Waals surface area contributed by atoms with Crippen LogP contribution in [0.15, 0.2) is 58.3 Å². The molecule has 9 heteroatoms. The van der Waals surface area contributed by atoms with Crippen LogP contribution < -0.4 is 19.8 Å². The van der Waals surface area contributed by atoms with Gasteiger partial charge in [-0.3, -0.25) is 19.5 Å². The van der Waals surface area contributed by atoms with Crippen molar-refractivity contribution in [2.45, 2.75) is 6.67 Å². The molecule has 27 heavy (non-hydrogen) atoms. The van der Waals surface area contributed by atoms with E-state index >= 15 is 0 Å². The summed E-state index contributed by atoms with van der Waals surface area (Å²) in [4.78, 5) is 29.8. The van der Waals surface area contributed by atoms with E-state index in [1.807, 2.05) is 0 Å². The van der Waals surface area contributed by atoms with Crippen LogP contribution in [0.5, 0.6) is 0 Å². The molecule has 0 saturated carbocycles. The Bertz CT molecular complexity index is 1200. The maximum Gasteiger partial charge on any atom is 0.271 e. The Morgan fingerprint density at radius 3 is 2.70 bits per heavy atom. The number of halogens is 1. The number of non-ortho nitro benzene ring substituents is 1. The Labute approximate surface area is 156 Å². The number of nitro groups is 1. The van der Waals surface area contributed by atoms with Gasteiger partial charge in [0.05, 0.1) is 9.46 Å². The summed E-state index contributed by atoms with van der Waals surface area (Å²) in [7, 11) is 0. The van der Waals surface area contributed by atoms with Crippen molar-refractivity contribution >= 4 is 28.8 Å². The van der Waals surface area contributed by atoms with Crippen LogP contribution in [0.25, 0.3) is 6.08 Å². The average molecular weight is 384 g/mol. The molecule has 0 N–H and O–H groups in total. The van der Waals surface area contributed by atoms with Crippen LogP contribution in [0.4, 0.5) is 15.8 Å². The Kier molecular flexibility index (Phi) is 4.28. The number of anilines is 1. The van der Waals surface area contributed by atoms with Crippen LogP contribution >= 0.6 is 11.3 Å². The Hall–Kier alpha value is -3.33. The molecule has 0 aliphatic carbocycles. The highest BCUT2D eigenvalue weighted by Gasteiger charge is 2.16. The monoisotopic (exact) mass is 384 g/mol. The van der Waals surface area contributed by atoms with E-state index in [1.165, 1.54) is 40.2 Å². The van der Waals surface area contributed by atoms with Crippen molar-refractivity contribution in [3.05, 3.63) is 89.7 Å². The summed E-state index contributed by atoms with van der Waals surface area (Å²) in [6, 6.07) is 12.1. The molecule has 0 radical (unpaired) electrons. The minimum absolute atomic E-state index is 0.00455. The van der Waals surface area contributed by atoms with E-state index in [0.29, 0.717) is 27.3 Å². The van der Waals surface area contributed by atoms with Gasteiger partial charge in [0.15, 0.2) is 4.80 Å². The number of hydrogen-bond acceptors (Lipinski definition) is 6. The molecule has 2 aromatic carbocycles. The molecule has 0 unspecified atom stereocenters. The molecule has 136 valence electrons. The van der Waals surface area contributed by atoms with Crippen molar-refractivity contribution in [2.24, 2.45) is 4.99 Å². The zero-order valence-electron chi connectivity index (χ0n) is 13.9. The van der Waals surface area contributed by atoms with Crippen molar-refractivity contribution < 1.29 is 9.31 Å². The lowest BCUT2D eigenvalue weighted by Crippen LogP contribution is -2.42. The van der Waals surface area contributed by atoms with Gasteiger partial charge in [-0.2, -0.15) is 0 Å². The molecule has 0 amide bonds. The SMILES string of the molecule is O=c1/c(=C/c2ccc([N+](=O)[O-])cc2)sc2n1CN(c1cccc(F)c1)CN=2. The van der Waals surface area contributed by atoms with Gasteiger partial charge in [0.1, 0.15) is 19.2 Å². The molecule has 0 bridgehead atoms.